The topological polar surface area (TPSA) is 139 Å². The molecule has 0 rings (SSSR count). The molecule has 0 radical (unpaired) electrons. The van der Waals surface area contributed by atoms with E-state index in [0.29, 0.717) is 6.61 Å². The molecule has 0 spiro atoms. The molecule has 0 saturated carbocycles. The van der Waals surface area contributed by atoms with Gasteiger partial charge in [-0.2, -0.15) is 0 Å². The Morgan fingerprint density at radius 3 is 1.89 bits per heavy atom. The molecule has 0 heterocycles. The number of hydrogen-bond donors (Lipinski definition) is 4. The first-order valence-corrected chi connectivity index (χ1v) is 5.45. The highest BCUT2D eigenvalue weighted by molar-refractivity contribution is 5.81. The fraction of sp³-hybridized carbons (Fsp3) is 0.636. The zero-order valence-corrected chi connectivity index (χ0v) is 10.9. The van der Waals surface area contributed by atoms with Gasteiger partial charge in [0.05, 0.1) is 31.8 Å². The van der Waals surface area contributed by atoms with Gasteiger partial charge in [-0.15, -0.1) is 0 Å². The molecule has 0 fully saturated rings. The van der Waals surface area contributed by atoms with Crippen LogP contribution in [0.3, 0.4) is 0 Å². The van der Waals surface area contributed by atoms with Crippen molar-refractivity contribution in [3.05, 3.63) is 12.7 Å². The third-order valence-corrected chi connectivity index (χ3v) is 1.98. The van der Waals surface area contributed by atoms with Crippen molar-refractivity contribution in [2.24, 2.45) is 11.1 Å². The van der Waals surface area contributed by atoms with Gasteiger partial charge in [-0.05, 0) is 6.92 Å². The summed E-state index contributed by atoms with van der Waals surface area (Å²) in [6, 6.07) is 0. The van der Waals surface area contributed by atoms with E-state index in [4.69, 9.17) is 15.3 Å². The summed E-state index contributed by atoms with van der Waals surface area (Å²) in [6.07, 6.45) is 0.258. The summed E-state index contributed by atoms with van der Waals surface area (Å²) in [4.78, 5) is 20.2. The SMILES string of the molecule is C=CC(=O)OCC(CO)(CO)CO.CCOC(N)=O. The molecular weight excluding hydrogens is 258 g/mol. The van der Waals surface area contributed by atoms with Crippen LogP contribution in [0.2, 0.25) is 0 Å². The van der Waals surface area contributed by atoms with Crippen molar-refractivity contribution >= 4 is 12.1 Å². The second-order valence-electron chi connectivity index (χ2n) is 3.54. The van der Waals surface area contributed by atoms with E-state index in [1.165, 1.54) is 0 Å². The maximum absolute atomic E-state index is 10.6. The van der Waals surface area contributed by atoms with Crippen molar-refractivity contribution in [2.75, 3.05) is 33.0 Å². The molecule has 8 heteroatoms. The van der Waals surface area contributed by atoms with Crippen molar-refractivity contribution in [3.8, 4) is 0 Å². The highest BCUT2D eigenvalue weighted by atomic mass is 16.5. The Balaban J connectivity index is 0. The lowest BCUT2D eigenvalue weighted by Gasteiger charge is -2.26. The maximum Gasteiger partial charge on any atom is 0.404 e. The molecule has 0 aromatic heterocycles. The Kier molecular flexibility index (Phi) is 11.9. The molecule has 0 atom stereocenters. The molecule has 0 aliphatic carbocycles. The second-order valence-corrected chi connectivity index (χ2v) is 3.54. The van der Waals surface area contributed by atoms with E-state index in [0.717, 1.165) is 6.08 Å². The van der Waals surface area contributed by atoms with Crippen LogP contribution in [0.15, 0.2) is 12.7 Å². The maximum atomic E-state index is 10.6. The number of ether oxygens (including phenoxy) is 2. The molecule has 0 aliphatic rings. The minimum Gasteiger partial charge on any atom is -0.462 e. The quantitative estimate of drug-likeness (QED) is 0.338. The molecule has 19 heavy (non-hydrogen) atoms. The number of hydrogen-bond acceptors (Lipinski definition) is 7. The fourth-order valence-corrected chi connectivity index (χ4v) is 0.712. The van der Waals surface area contributed by atoms with Gasteiger partial charge in [-0.25, -0.2) is 9.59 Å². The normalized spacial score (nSPS) is 9.89. The highest BCUT2D eigenvalue weighted by Crippen LogP contribution is 2.14. The Labute approximate surface area is 111 Å². The molecule has 0 unspecified atom stereocenters. The number of esters is 1. The first kappa shape index (κ1) is 19.7. The Morgan fingerprint density at radius 1 is 1.21 bits per heavy atom. The number of carbonyl (C=O) groups excluding carboxylic acids is 2. The van der Waals surface area contributed by atoms with Crippen LogP contribution in [0.25, 0.3) is 0 Å². The molecule has 0 bridgehead atoms. The van der Waals surface area contributed by atoms with E-state index in [-0.39, 0.29) is 6.61 Å². The minimum atomic E-state index is -1.17. The first-order chi connectivity index (χ1) is 8.91. The summed E-state index contributed by atoms with van der Waals surface area (Å²) in [7, 11) is 0. The lowest BCUT2D eigenvalue weighted by atomic mass is 9.93. The van der Waals surface area contributed by atoms with E-state index in [9.17, 15) is 9.59 Å². The second kappa shape index (κ2) is 11.5. The number of rotatable bonds is 7. The number of primary amides is 1. The molecular formula is C11H21NO7. The van der Waals surface area contributed by atoms with Gasteiger partial charge >= 0.3 is 12.1 Å². The number of carbonyl (C=O) groups is 2. The zero-order valence-electron chi connectivity index (χ0n) is 10.9. The van der Waals surface area contributed by atoms with Gasteiger partial charge in [0.1, 0.15) is 6.61 Å². The summed E-state index contributed by atoms with van der Waals surface area (Å²) in [5, 5.41) is 26.5. The van der Waals surface area contributed by atoms with Crippen LogP contribution in [-0.4, -0.2) is 60.4 Å². The van der Waals surface area contributed by atoms with E-state index in [1.807, 2.05) is 0 Å². The molecule has 0 saturated heterocycles. The van der Waals surface area contributed by atoms with Gasteiger partial charge in [0.2, 0.25) is 0 Å². The molecule has 112 valence electrons. The van der Waals surface area contributed by atoms with Gasteiger partial charge in [-0.1, -0.05) is 6.58 Å². The lowest BCUT2D eigenvalue weighted by molar-refractivity contribution is -0.145. The van der Waals surface area contributed by atoms with E-state index < -0.39 is 37.3 Å². The van der Waals surface area contributed by atoms with Gasteiger partial charge in [-0.3, -0.25) is 0 Å². The highest BCUT2D eigenvalue weighted by Gasteiger charge is 2.29. The van der Waals surface area contributed by atoms with Crippen LogP contribution in [0, 0.1) is 5.41 Å². The standard InChI is InChI=1S/C8H14O5.C3H7NO2/c1-2-7(12)13-6-8(3-9,4-10)5-11;1-2-6-3(4)5/h2,9-11H,1,3-6H2;2H2,1H3,(H2,4,5). The van der Waals surface area contributed by atoms with Crippen molar-refractivity contribution in [1.29, 1.82) is 0 Å². The Hall–Kier alpha value is -1.64. The third-order valence-electron chi connectivity index (χ3n) is 1.98. The summed E-state index contributed by atoms with van der Waals surface area (Å²) in [5.41, 5.74) is 3.37. The number of aliphatic hydroxyl groups is 3. The van der Waals surface area contributed by atoms with Gasteiger partial charge in [0, 0.05) is 6.08 Å². The summed E-state index contributed by atoms with van der Waals surface area (Å²) in [6.45, 7) is 3.64. The summed E-state index contributed by atoms with van der Waals surface area (Å²) in [5.74, 6) is -0.653. The van der Waals surface area contributed by atoms with E-state index >= 15 is 0 Å². The van der Waals surface area contributed by atoms with Gasteiger partial charge < -0.3 is 30.5 Å². The van der Waals surface area contributed by atoms with Crippen LogP contribution < -0.4 is 5.73 Å². The van der Waals surface area contributed by atoms with E-state index in [2.05, 4.69) is 21.8 Å². The van der Waals surface area contributed by atoms with E-state index in [1.54, 1.807) is 6.92 Å². The van der Waals surface area contributed by atoms with Crippen LogP contribution in [-0.2, 0) is 14.3 Å². The largest absolute Gasteiger partial charge is 0.462 e. The summed E-state index contributed by atoms with van der Waals surface area (Å²) < 4.78 is 8.77. The molecule has 0 aromatic rings. The van der Waals surface area contributed by atoms with Crippen molar-refractivity contribution < 1.29 is 34.4 Å². The van der Waals surface area contributed by atoms with Gasteiger partial charge in [0.25, 0.3) is 0 Å². The third kappa shape index (κ3) is 10.0. The molecule has 0 aromatic carbocycles. The van der Waals surface area contributed by atoms with Crippen molar-refractivity contribution in [3.63, 3.8) is 0 Å². The minimum absolute atomic E-state index is 0.235. The number of aliphatic hydroxyl groups excluding tert-OH is 3. The number of nitrogens with two attached hydrogens (primary N) is 1. The zero-order chi connectivity index (χ0) is 15.3. The van der Waals surface area contributed by atoms with Crippen LogP contribution in [0.1, 0.15) is 6.92 Å². The summed E-state index contributed by atoms with van der Waals surface area (Å²) >= 11 is 0. The predicted octanol–water partition coefficient (Wildman–Crippen LogP) is -1.22. The molecule has 0 aliphatic heterocycles. The molecule has 8 nitrogen and oxygen atoms in total. The fourth-order valence-electron chi connectivity index (χ4n) is 0.712. The monoisotopic (exact) mass is 279 g/mol. The average Bonchev–Trinajstić information content (AvgIpc) is 2.41. The smallest absolute Gasteiger partial charge is 0.404 e. The number of amides is 1. The van der Waals surface area contributed by atoms with Crippen LogP contribution in [0.4, 0.5) is 4.79 Å². The Morgan fingerprint density at radius 2 is 1.68 bits per heavy atom. The van der Waals surface area contributed by atoms with Crippen molar-refractivity contribution in [1.82, 2.24) is 0 Å². The van der Waals surface area contributed by atoms with Crippen molar-refractivity contribution in [2.45, 2.75) is 6.92 Å². The van der Waals surface area contributed by atoms with Crippen LogP contribution >= 0.6 is 0 Å². The molecule has 1 amide bonds. The lowest BCUT2D eigenvalue weighted by Crippen LogP contribution is -2.39. The predicted molar refractivity (Wildman–Crippen MR) is 66.1 cm³/mol. The first-order valence-electron chi connectivity index (χ1n) is 5.45. The van der Waals surface area contributed by atoms with Crippen LogP contribution in [0.5, 0.6) is 0 Å². The molecule has 5 N–H and O–H groups in total. The Bertz CT molecular complexity index is 268. The average molecular weight is 279 g/mol. The van der Waals surface area contributed by atoms with Gasteiger partial charge in [0.15, 0.2) is 0 Å².